The number of carbonyl (C=O) groups is 1. The second-order valence-electron chi connectivity index (χ2n) is 3.02. The standard InChI is InChI=1S/C10H9F3O3/c1-16-9(15)7-5-3-2-4-6(7)8(14)10(11,12)13/h2-5,8,14H,1H3/t8-/m1/s1. The van der Waals surface area contributed by atoms with Crippen LogP contribution in [0.4, 0.5) is 13.2 Å². The first kappa shape index (κ1) is 12.5. The van der Waals surface area contributed by atoms with Gasteiger partial charge in [0, 0.05) is 5.56 Å². The van der Waals surface area contributed by atoms with Gasteiger partial charge in [-0.05, 0) is 6.07 Å². The molecule has 16 heavy (non-hydrogen) atoms. The fourth-order valence-electron chi connectivity index (χ4n) is 1.21. The van der Waals surface area contributed by atoms with E-state index in [1.165, 1.54) is 12.1 Å². The van der Waals surface area contributed by atoms with Crippen LogP contribution >= 0.6 is 0 Å². The monoisotopic (exact) mass is 234 g/mol. The molecule has 0 fully saturated rings. The van der Waals surface area contributed by atoms with Crippen molar-refractivity contribution in [3.8, 4) is 0 Å². The number of carbonyl (C=O) groups excluding carboxylic acids is 1. The van der Waals surface area contributed by atoms with Gasteiger partial charge in [0.2, 0.25) is 0 Å². The third-order valence-electron chi connectivity index (χ3n) is 1.97. The van der Waals surface area contributed by atoms with Gasteiger partial charge < -0.3 is 9.84 Å². The van der Waals surface area contributed by atoms with Crippen molar-refractivity contribution in [1.82, 2.24) is 0 Å². The number of methoxy groups -OCH3 is 1. The molecule has 1 aromatic carbocycles. The quantitative estimate of drug-likeness (QED) is 0.797. The fourth-order valence-corrected chi connectivity index (χ4v) is 1.21. The third kappa shape index (κ3) is 2.52. The van der Waals surface area contributed by atoms with Gasteiger partial charge in [-0.3, -0.25) is 0 Å². The minimum absolute atomic E-state index is 0.296. The Bertz CT molecular complexity index is 387. The molecule has 0 heterocycles. The molecule has 0 saturated heterocycles. The van der Waals surface area contributed by atoms with E-state index in [0.29, 0.717) is 0 Å². The molecule has 0 aliphatic rings. The maximum absolute atomic E-state index is 12.3. The molecule has 0 unspecified atom stereocenters. The number of benzene rings is 1. The zero-order valence-electron chi connectivity index (χ0n) is 8.28. The zero-order chi connectivity index (χ0) is 12.3. The van der Waals surface area contributed by atoms with Gasteiger partial charge in [0.15, 0.2) is 6.10 Å². The van der Waals surface area contributed by atoms with Crippen LogP contribution in [-0.4, -0.2) is 24.4 Å². The van der Waals surface area contributed by atoms with Crippen molar-refractivity contribution in [1.29, 1.82) is 0 Å². The number of hydrogen-bond acceptors (Lipinski definition) is 3. The summed E-state index contributed by atoms with van der Waals surface area (Å²) in [6.45, 7) is 0. The van der Waals surface area contributed by atoms with E-state index in [1.807, 2.05) is 0 Å². The minimum atomic E-state index is -4.82. The first-order valence-electron chi connectivity index (χ1n) is 4.30. The molecule has 0 aliphatic carbocycles. The van der Waals surface area contributed by atoms with Crippen LogP contribution < -0.4 is 0 Å². The Morgan fingerprint density at radius 2 is 1.94 bits per heavy atom. The van der Waals surface area contributed by atoms with E-state index in [1.54, 1.807) is 0 Å². The molecule has 0 radical (unpaired) electrons. The first-order valence-corrected chi connectivity index (χ1v) is 4.30. The summed E-state index contributed by atoms with van der Waals surface area (Å²) < 4.78 is 41.2. The molecule has 88 valence electrons. The van der Waals surface area contributed by atoms with E-state index in [2.05, 4.69) is 4.74 Å². The summed E-state index contributed by atoms with van der Waals surface area (Å²) in [6, 6.07) is 4.89. The van der Waals surface area contributed by atoms with Gasteiger partial charge in [-0.25, -0.2) is 4.79 Å². The number of esters is 1. The number of rotatable bonds is 2. The summed E-state index contributed by atoms with van der Waals surface area (Å²) >= 11 is 0. The maximum atomic E-state index is 12.3. The number of ether oxygens (including phenoxy) is 1. The van der Waals surface area contributed by atoms with E-state index in [9.17, 15) is 18.0 Å². The van der Waals surface area contributed by atoms with Gasteiger partial charge in [0.05, 0.1) is 12.7 Å². The zero-order valence-corrected chi connectivity index (χ0v) is 8.28. The summed E-state index contributed by atoms with van der Waals surface area (Å²) in [5.41, 5.74) is -0.809. The van der Waals surface area contributed by atoms with Gasteiger partial charge in [-0.15, -0.1) is 0 Å². The number of aliphatic hydroxyl groups is 1. The largest absolute Gasteiger partial charge is 0.465 e. The Kier molecular flexibility index (Phi) is 3.54. The molecule has 0 aromatic heterocycles. The Morgan fingerprint density at radius 3 is 2.44 bits per heavy atom. The molecule has 0 amide bonds. The van der Waals surface area contributed by atoms with E-state index in [-0.39, 0.29) is 5.56 Å². The lowest BCUT2D eigenvalue weighted by molar-refractivity contribution is -0.206. The smallest absolute Gasteiger partial charge is 0.418 e. The Labute approximate surface area is 89.5 Å². The predicted molar refractivity (Wildman–Crippen MR) is 48.8 cm³/mol. The molecule has 1 N–H and O–H groups in total. The van der Waals surface area contributed by atoms with Crippen LogP contribution in [0, 0.1) is 0 Å². The number of alkyl halides is 3. The lowest BCUT2D eigenvalue weighted by Gasteiger charge is -2.17. The highest BCUT2D eigenvalue weighted by molar-refractivity contribution is 5.91. The van der Waals surface area contributed by atoms with Crippen LogP contribution in [0.3, 0.4) is 0 Å². The highest BCUT2D eigenvalue weighted by Crippen LogP contribution is 2.34. The molecule has 1 rings (SSSR count). The van der Waals surface area contributed by atoms with Gasteiger partial charge >= 0.3 is 12.1 Å². The fraction of sp³-hybridized carbons (Fsp3) is 0.300. The topological polar surface area (TPSA) is 46.5 Å². The second-order valence-corrected chi connectivity index (χ2v) is 3.02. The van der Waals surface area contributed by atoms with Crippen molar-refractivity contribution in [3.05, 3.63) is 35.4 Å². The first-order chi connectivity index (χ1) is 7.38. The highest BCUT2D eigenvalue weighted by atomic mass is 19.4. The Morgan fingerprint density at radius 1 is 1.38 bits per heavy atom. The summed E-state index contributed by atoms with van der Waals surface area (Å²) in [7, 11) is 1.05. The van der Waals surface area contributed by atoms with E-state index < -0.39 is 23.8 Å². The van der Waals surface area contributed by atoms with Crippen molar-refractivity contribution in [3.63, 3.8) is 0 Å². The van der Waals surface area contributed by atoms with Crippen molar-refractivity contribution in [2.75, 3.05) is 7.11 Å². The molecule has 1 aromatic rings. The van der Waals surface area contributed by atoms with Crippen LogP contribution in [-0.2, 0) is 4.74 Å². The van der Waals surface area contributed by atoms with Crippen LogP contribution in [0.5, 0.6) is 0 Å². The molecule has 6 heteroatoms. The predicted octanol–water partition coefficient (Wildman–Crippen LogP) is 2.07. The summed E-state index contributed by atoms with van der Waals surface area (Å²) in [6.07, 6.45) is -7.51. The van der Waals surface area contributed by atoms with Gasteiger partial charge in [0.25, 0.3) is 0 Å². The van der Waals surface area contributed by atoms with Crippen LogP contribution in [0.25, 0.3) is 0 Å². The highest BCUT2D eigenvalue weighted by Gasteiger charge is 2.41. The van der Waals surface area contributed by atoms with E-state index >= 15 is 0 Å². The normalized spacial score (nSPS) is 13.3. The van der Waals surface area contributed by atoms with Crippen LogP contribution in [0.2, 0.25) is 0 Å². The van der Waals surface area contributed by atoms with E-state index in [4.69, 9.17) is 5.11 Å². The molecular formula is C10H9F3O3. The van der Waals surface area contributed by atoms with Crippen molar-refractivity contribution < 1.29 is 27.8 Å². The lowest BCUT2D eigenvalue weighted by Crippen LogP contribution is -2.22. The average molecular weight is 234 g/mol. The molecule has 3 nitrogen and oxygen atoms in total. The molecular weight excluding hydrogens is 225 g/mol. The third-order valence-corrected chi connectivity index (χ3v) is 1.97. The van der Waals surface area contributed by atoms with Gasteiger partial charge in [0.1, 0.15) is 0 Å². The minimum Gasteiger partial charge on any atom is -0.465 e. The SMILES string of the molecule is COC(=O)c1ccccc1[C@@H](O)C(F)(F)F. The van der Waals surface area contributed by atoms with E-state index in [0.717, 1.165) is 19.2 Å². The molecule has 0 aliphatic heterocycles. The Hall–Kier alpha value is -1.56. The average Bonchev–Trinajstić information content (AvgIpc) is 2.25. The maximum Gasteiger partial charge on any atom is 0.418 e. The number of aliphatic hydroxyl groups excluding tert-OH is 1. The van der Waals surface area contributed by atoms with Gasteiger partial charge in [-0.2, -0.15) is 13.2 Å². The lowest BCUT2D eigenvalue weighted by atomic mass is 10.0. The molecule has 0 saturated carbocycles. The van der Waals surface area contributed by atoms with Gasteiger partial charge in [-0.1, -0.05) is 18.2 Å². The number of halogens is 3. The summed E-state index contributed by atoms with van der Waals surface area (Å²) in [5, 5.41) is 9.05. The van der Waals surface area contributed by atoms with Crippen molar-refractivity contribution >= 4 is 5.97 Å². The number of hydrogen-bond donors (Lipinski definition) is 1. The summed E-state index contributed by atoms with van der Waals surface area (Å²) in [5.74, 6) is -0.918. The Balaban J connectivity index is 3.18. The second kappa shape index (κ2) is 4.52. The van der Waals surface area contributed by atoms with Crippen LogP contribution in [0.1, 0.15) is 22.0 Å². The molecule has 0 bridgehead atoms. The van der Waals surface area contributed by atoms with Crippen molar-refractivity contribution in [2.45, 2.75) is 12.3 Å². The molecule has 0 spiro atoms. The van der Waals surface area contributed by atoms with Crippen LogP contribution in [0.15, 0.2) is 24.3 Å². The molecule has 1 atom stereocenters. The summed E-state index contributed by atoms with van der Waals surface area (Å²) in [4.78, 5) is 11.2. The van der Waals surface area contributed by atoms with Crippen molar-refractivity contribution in [2.24, 2.45) is 0 Å².